The molecule has 0 fully saturated rings. The largest absolute Gasteiger partial charge is 0.384 e. The van der Waals surface area contributed by atoms with Crippen molar-refractivity contribution in [1.82, 2.24) is 5.32 Å². The van der Waals surface area contributed by atoms with Gasteiger partial charge in [0.25, 0.3) is 0 Å². The van der Waals surface area contributed by atoms with Crippen molar-refractivity contribution in [2.45, 2.75) is 19.9 Å². The molecule has 0 aliphatic rings. The lowest BCUT2D eigenvalue weighted by atomic mass is 10.1. The Kier molecular flexibility index (Phi) is 5.14. The van der Waals surface area contributed by atoms with E-state index in [4.69, 9.17) is 5.41 Å². The summed E-state index contributed by atoms with van der Waals surface area (Å²) in [6.45, 7) is 6.02. The summed E-state index contributed by atoms with van der Waals surface area (Å²) >= 11 is 0. The van der Waals surface area contributed by atoms with Gasteiger partial charge in [0.2, 0.25) is 0 Å². The quantitative estimate of drug-likeness (QED) is 0.723. The van der Waals surface area contributed by atoms with E-state index >= 15 is 0 Å². The minimum atomic E-state index is -0.576. The normalized spacial score (nSPS) is 11.1. The molecule has 0 aliphatic carbocycles. The summed E-state index contributed by atoms with van der Waals surface area (Å²) in [5.41, 5.74) is 1.44. The van der Waals surface area contributed by atoms with Gasteiger partial charge < -0.3 is 5.32 Å². The molecule has 2 N–H and O–H groups in total. The molecule has 0 heterocycles. The first-order valence-electron chi connectivity index (χ1n) is 5.55. The van der Waals surface area contributed by atoms with E-state index in [9.17, 15) is 4.39 Å². The average Bonchev–Trinajstić information content (AvgIpc) is 2.38. The van der Waals surface area contributed by atoms with Crippen molar-refractivity contribution in [3.63, 3.8) is 0 Å². The van der Waals surface area contributed by atoms with E-state index < -0.39 is 5.83 Å². The van der Waals surface area contributed by atoms with Gasteiger partial charge in [-0.25, -0.2) is 4.39 Å². The minimum absolute atomic E-state index is 0.131. The molecule has 1 aromatic rings. The Balaban J connectivity index is 2.49. The summed E-state index contributed by atoms with van der Waals surface area (Å²) in [7, 11) is 0. The Hall–Kier alpha value is -1.90. The third-order valence-electron chi connectivity index (χ3n) is 2.40. The van der Waals surface area contributed by atoms with Crippen LogP contribution >= 0.6 is 0 Å². The highest BCUT2D eigenvalue weighted by atomic mass is 19.1. The third-order valence-corrected chi connectivity index (χ3v) is 2.40. The van der Waals surface area contributed by atoms with Gasteiger partial charge in [0.1, 0.15) is 0 Å². The highest BCUT2D eigenvalue weighted by molar-refractivity contribution is 6.08. The summed E-state index contributed by atoms with van der Waals surface area (Å²) in [5, 5.41) is 10.3. The minimum Gasteiger partial charge on any atom is -0.384 e. The van der Waals surface area contributed by atoms with Crippen molar-refractivity contribution in [3.8, 4) is 0 Å². The summed E-state index contributed by atoms with van der Waals surface area (Å²) in [6, 6.07) is 9.70. The maximum Gasteiger partial charge on any atom is 0.163 e. The van der Waals surface area contributed by atoms with Crippen molar-refractivity contribution in [3.05, 3.63) is 60.1 Å². The van der Waals surface area contributed by atoms with Crippen LogP contribution in [0, 0.1) is 5.41 Å². The number of benzene rings is 1. The van der Waals surface area contributed by atoms with E-state index in [1.807, 2.05) is 37.3 Å². The van der Waals surface area contributed by atoms with Crippen LogP contribution in [0.5, 0.6) is 0 Å². The Morgan fingerprint density at radius 3 is 2.65 bits per heavy atom. The molecule has 1 aromatic carbocycles. The summed E-state index contributed by atoms with van der Waals surface area (Å²) < 4.78 is 13.4. The smallest absolute Gasteiger partial charge is 0.163 e. The van der Waals surface area contributed by atoms with Gasteiger partial charge in [-0.3, -0.25) is 5.41 Å². The van der Waals surface area contributed by atoms with Crippen LogP contribution in [0.3, 0.4) is 0 Å². The second kappa shape index (κ2) is 6.63. The number of rotatable bonds is 6. The molecule has 0 radical (unpaired) electrons. The van der Waals surface area contributed by atoms with Gasteiger partial charge in [-0.2, -0.15) is 0 Å². The summed E-state index contributed by atoms with van der Waals surface area (Å²) in [4.78, 5) is 0. The van der Waals surface area contributed by atoms with Crippen LogP contribution < -0.4 is 5.32 Å². The lowest BCUT2D eigenvalue weighted by Crippen LogP contribution is -2.09. The van der Waals surface area contributed by atoms with Crippen LogP contribution in [0.4, 0.5) is 4.39 Å². The number of hydrogen-bond acceptors (Lipinski definition) is 2. The molecule has 0 saturated heterocycles. The van der Waals surface area contributed by atoms with Gasteiger partial charge in [0.15, 0.2) is 5.83 Å². The van der Waals surface area contributed by atoms with E-state index in [0.29, 0.717) is 18.5 Å². The second-order valence-electron chi connectivity index (χ2n) is 3.69. The Morgan fingerprint density at radius 1 is 1.41 bits per heavy atom. The summed E-state index contributed by atoms with van der Waals surface area (Å²) in [5.74, 6) is -0.576. The number of halogens is 1. The van der Waals surface area contributed by atoms with Crippen LogP contribution in [0.25, 0.3) is 0 Å². The van der Waals surface area contributed by atoms with Crippen LogP contribution in [0.1, 0.15) is 18.9 Å². The van der Waals surface area contributed by atoms with Crippen molar-refractivity contribution >= 4 is 5.71 Å². The Labute approximate surface area is 101 Å². The van der Waals surface area contributed by atoms with Gasteiger partial charge in [-0.15, -0.1) is 0 Å². The van der Waals surface area contributed by atoms with Crippen LogP contribution in [-0.2, 0) is 6.54 Å². The first kappa shape index (κ1) is 13.2. The molecule has 0 saturated carbocycles. The molecular weight excluding hydrogens is 215 g/mol. The molecular formula is C14H17FN2. The lowest BCUT2D eigenvalue weighted by Gasteiger charge is -2.04. The maximum absolute atomic E-state index is 13.4. The van der Waals surface area contributed by atoms with E-state index in [-0.39, 0.29) is 5.71 Å². The monoisotopic (exact) mass is 232 g/mol. The molecule has 17 heavy (non-hydrogen) atoms. The molecule has 90 valence electrons. The third kappa shape index (κ3) is 4.23. The standard InChI is InChI=1S/C14H17FN2/c1-3-11(2)14(16)13(15)10-17-9-12-7-5-4-6-8-12/h4-8,10,16-17H,2-3,9H2,1H3/b13-10+,16-14?. The van der Waals surface area contributed by atoms with Crippen molar-refractivity contribution in [1.29, 1.82) is 5.41 Å². The first-order chi connectivity index (χ1) is 8.15. The van der Waals surface area contributed by atoms with Crippen molar-refractivity contribution in [2.75, 3.05) is 0 Å². The fourth-order valence-corrected chi connectivity index (χ4v) is 1.27. The fraction of sp³-hybridized carbons (Fsp3) is 0.214. The molecule has 0 atom stereocenters. The Morgan fingerprint density at radius 2 is 2.06 bits per heavy atom. The van der Waals surface area contributed by atoms with E-state index in [1.54, 1.807) is 0 Å². The fourth-order valence-electron chi connectivity index (χ4n) is 1.27. The predicted molar refractivity (Wildman–Crippen MR) is 69.6 cm³/mol. The van der Waals surface area contributed by atoms with Crippen LogP contribution in [0.15, 0.2) is 54.5 Å². The highest BCUT2D eigenvalue weighted by Gasteiger charge is 2.06. The molecule has 0 unspecified atom stereocenters. The lowest BCUT2D eigenvalue weighted by molar-refractivity contribution is 0.662. The number of hydrogen-bond donors (Lipinski definition) is 2. The van der Waals surface area contributed by atoms with Gasteiger partial charge in [-0.05, 0) is 17.6 Å². The number of nitrogens with one attached hydrogen (secondary N) is 2. The van der Waals surface area contributed by atoms with Crippen LogP contribution in [-0.4, -0.2) is 5.71 Å². The molecule has 0 aliphatic heterocycles. The van der Waals surface area contributed by atoms with Crippen molar-refractivity contribution in [2.24, 2.45) is 0 Å². The zero-order valence-corrected chi connectivity index (χ0v) is 9.96. The second-order valence-corrected chi connectivity index (χ2v) is 3.69. The van der Waals surface area contributed by atoms with E-state index in [2.05, 4.69) is 11.9 Å². The molecule has 0 aromatic heterocycles. The predicted octanol–water partition coefficient (Wildman–Crippen LogP) is 3.57. The van der Waals surface area contributed by atoms with E-state index in [1.165, 1.54) is 6.20 Å². The SMILES string of the molecule is C=C(CC)C(=N)/C(F)=C\NCc1ccccc1. The molecule has 0 amide bonds. The molecule has 3 heteroatoms. The zero-order chi connectivity index (χ0) is 12.7. The molecule has 1 rings (SSSR count). The highest BCUT2D eigenvalue weighted by Crippen LogP contribution is 2.08. The van der Waals surface area contributed by atoms with Gasteiger partial charge in [0.05, 0.1) is 5.71 Å². The van der Waals surface area contributed by atoms with Crippen molar-refractivity contribution < 1.29 is 4.39 Å². The van der Waals surface area contributed by atoms with Gasteiger partial charge >= 0.3 is 0 Å². The summed E-state index contributed by atoms with van der Waals surface area (Å²) in [6.07, 6.45) is 1.80. The van der Waals surface area contributed by atoms with E-state index in [0.717, 1.165) is 5.56 Å². The topological polar surface area (TPSA) is 35.9 Å². The zero-order valence-electron chi connectivity index (χ0n) is 9.96. The van der Waals surface area contributed by atoms with Crippen LogP contribution in [0.2, 0.25) is 0 Å². The molecule has 2 nitrogen and oxygen atoms in total. The molecule has 0 spiro atoms. The number of allylic oxidation sites excluding steroid dienone is 2. The average molecular weight is 232 g/mol. The first-order valence-corrected chi connectivity index (χ1v) is 5.55. The maximum atomic E-state index is 13.4. The van der Waals surface area contributed by atoms with Gasteiger partial charge in [-0.1, -0.05) is 43.8 Å². The van der Waals surface area contributed by atoms with Gasteiger partial charge in [0, 0.05) is 12.7 Å². The Bertz CT molecular complexity index is 421. The molecule has 0 bridgehead atoms.